The molecule has 1 unspecified atom stereocenters. The van der Waals surface area contributed by atoms with E-state index in [1.165, 1.54) is 0 Å². The Balaban J connectivity index is 0.00000225. The van der Waals surface area contributed by atoms with Gasteiger partial charge >= 0.3 is 0 Å². The molecular formula is C21H24IN5O. The maximum absolute atomic E-state index is 6.10. The minimum absolute atomic E-state index is 0. The third kappa shape index (κ3) is 4.83. The average Bonchev–Trinajstić information content (AvgIpc) is 3.18. The first-order chi connectivity index (χ1) is 13.3. The van der Waals surface area contributed by atoms with Crippen LogP contribution in [0.5, 0.6) is 5.75 Å². The quantitative estimate of drug-likeness (QED) is 0.327. The third-order valence-corrected chi connectivity index (χ3v) is 4.62. The summed E-state index contributed by atoms with van der Waals surface area (Å²) in [6.45, 7) is 1.30. The van der Waals surface area contributed by atoms with Crippen molar-refractivity contribution in [3.05, 3.63) is 78.1 Å². The highest BCUT2D eigenvalue weighted by molar-refractivity contribution is 14.0. The van der Waals surface area contributed by atoms with E-state index in [4.69, 9.17) is 10.5 Å². The molecule has 0 amide bonds. The number of guanidine groups is 1. The fourth-order valence-electron chi connectivity index (χ4n) is 3.23. The molecule has 28 heavy (non-hydrogen) atoms. The van der Waals surface area contributed by atoms with Crippen LogP contribution in [0.25, 0.3) is 5.69 Å². The van der Waals surface area contributed by atoms with Crippen LogP contribution < -0.4 is 15.8 Å². The first kappa shape index (κ1) is 20.2. The SMILES string of the molecule is I.NC(=NCCc1cnn(-c2ccccc2)c1)NC1CCOc2ccccc21. The predicted octanol–water partition coefficient (Wildman–Crippen LogP) is 3.46. The number of nitrogens with zero attached hydrogens (tertiary/aromatic N) is 3. The van der Waals surface area contributed by atoms with Crippen molar-refractivity contribution in [3.63, 3.8) is 0 Å². The fourth-order valence-corrected chi connectivity index (χ4v) is 3.23. The molecule has 1 atom stereocenters. The predicted molar refractivity (Wildman–Crippen MR) is 122 cm³/mol. The minimum atomic E-state index is 0. The number of benzene rings is 2. The van der Waals surface area contributed by atoms with Crippen molar-refractivity contribution in [2.75, 3.05) is 13.2 Å². The van der Waals surface area contributed by atoms with E-state index < -0.39 is 0 Å². The summed E-state index contributed by atoms with van der Waals surface area (Å²) >= 11 is 0. The number of halogens is 1. The molecule has 1 aliphatic heterocycles. The Kier molecular flexibility index (Phi) is 6.91. The number of hydrogen-bond acceptors (Lipinski definition) is 3. The van der Waals surface area contributed by atoms with E-state index in [0.717, 1.165) is 35.4 Å². The molecule has 2 heterocycles. The van der Waals surface area contributed by atoms with Gasteiger partial charge in [-0.3, -0.25) is 4.99 Å². The lowest BCUT2D eigenvalue weighted by atomic mass is 10.0. The largest absolute Gasteiger partial charge is 0.493 e. The van der Waals surface area contributed by atoms with Crippen LogP contribution in [0.4, 0.5) is 0 Å². The molecular weight excluding hydrogens is 465 g/mol. The zero-order valence-corrected chi connectivity index (χ0v) is 17.8. The molecule has 0 radical (unpaired) electrons. The van der Waals surface area contributed by atoms with Gasteiger partial charge in [0, 0.05) is 24.7 Å². The number of rotatable bonds is 5. The standard InChI is InChI=1S/C21H23N5O.HI/c22-21(25-19-11-13-27-20-9-5-4-8-18(19)20)23-12-10-16-14-24-26(15-16)17-6-2-1-3-7-17;/h1-9,14-15,19H,10-13H2,(H3,22,23,25);1H. The van der Waals surface area contributed by atoms with Crippen LogP contribution in [0, 0.1) is 0 Å². The highest BCUT2D eigenvalue weighted by atomic mass is 127. The molecule has 0 aliphatic carbocycles. The van der Waals surface area contributed by atoms with Crippen molar-refractivity contribution in [2.45, 2.75) is 18.9 Å². The molecule has 146 valence electrons. The van der Waals surface area contributed by atoms with Crippen molar-refractivity contribution < 1.29 is 4.74 Å². The summed E-state index contributed by atoms with van der Waals surface area (Å²) in [4.78, 5) is 4.47. The first-order valence-electron chi connectivity index (χ1n) is 9.17. The molecule has 0 saturated carbocycles. The summed E-state index contributed by atoms with van der Waals surface area (Å²) < 4.78 is 7.56. The lowest BCUT2D eigenvalue weighted by molar-refractivity contribution is 0.262. The van der Waals surface area contributed by atoms with E-state index in [2.05, 4.69) is 21.5 Å². The van der Waals surface area contributed by atoms with Gasteiger partial charge in [-0.25, -0.2) is 4.68 Å². The number of aliphatic imine (C=N–C) groups is 1. The summed E-state index contributed by atoms with van der Waals surface area (Å²) in [5.41, 5.74) is 9.41. The lowest BCUT2D eigenvalue weighted by Gasteiger charge is -2.26. The number of fused-ring (bicyclic) bond motifs is 1. The Morgan fingerprint density at radius 2 is 1.96 bits per heavy atom. The summed E-state index contributed by atoms with van der Waals surface area (Å²) in [6.07, 6.45) is 5.57. The number of hydrogen-bond donors (Lipinski definition) is 2. The molecule has 2 aromatic carbocycles. The average molecular weight is 489 g/mol. The maximum Gasteiger partial charge on any atom is 0.189 e. The van der Waals surface area contributed by atoms with Crippen LogP contribution in [0.1, 0.15) is 23.6 Å². The number of nitrogens with two attached hydrogens (primary N) is 1. The number of para-hydroxylation sites is 2. The van der Waals surface area contributed by atoms with Gasteiger partial charge in [-0.15, -0.1) is 24.0 Å². The van der Waals surface area contributed by atoms with Gasteiger partial charge in [-0.05, 0) is 30.2 Å². The fraction of sp³-hybridized carbons (Fsp3) is 0.238. The Morgan fingerprint density at radius 3 is 2.82 bits per heavy atom. The Labute approximate surface area is 181 Å². The molecule has 0 bridgehead atoms. The highest BCUT2D eigenvalue weighted by Crippen LogP contribution is 2.31. The number of nitrogens with one attached hydrogen (secondary N) is 1. The molecule has 7 heteroatoms. The zero-order valence-electron chi connectivity index (χ0n) is 15.5. The van der Waals surface area contributed by atoms with Crippen LogP contribution in [-0.2, 0) is 6.42 Å². The summed E-state index contributed by atoms with van der Waals surface area (Å²) in [5, 5.41) is 7.73. The topological polar surface area (TPSA) is 77.5 Å². The number of aromatic nitrogens is 2. The van der Waals surface area contributed by atoms with Crippen molar-refractivity contribution in [1.82, 2.24) is 15.1 Å². The molecule has 4 rings (SSSR count). The minimum Gasteiger partial charge on any atom is -0.493 e. The summed E-state index contributed by atoms with van der Waals surface area (Å²) in [7, 11) is 0. The van der Waals surface area contributed by atoms with Gasteiger partial charge in [-0.2, -0.15) is 5.10 Å². The Bertz CT molecular complexity index is 925. The van der Waals surface area contributed by atoms with Crippen LogP contribution in [0.15, 0.2) is 72.0 Å². The second-order valence-electron chi connectivity index (χ2n) is 6.52. The molecule has 1 aromatic heterocycles. The van der Waals surface area contributed by atoms with E-state index in [1.54, 1.807) is 0 Å². The van der Waals surface area contributed by atoms with E-state index in [-0.39, 0.29) is 30.0 Å². The highest BCUT2D eigenvalue weighted by Gasteiger charge is 2.21. The molecule has 1 aliphatic rings. The van der Waals surface area contributed by atoms with Crippen LogP contribution in [0.3, 0.4) is 0 Å². The second-order valence-corrected chi connectivity index (χ2v) is 6.52. The lowest BCUT2D eigenvalue weighted by Crippen LogP contribution is -2.37. The van der Waals surface area contributed by atoms with Crippen LogP contribution in [0.2, 0.25) is 0 Å². The van der Waals surface area contributed by atoms with Crippen LogP contribution >= 0.6 is 24.0 Å². The van der Waals surface area contributed by atoms with Gasteiger partial charge in [0.1, 0.15) is 5.75 Å². The smallest absolute Gasteiger partial charge is 0.189 e. The van der Waals surface area contributed by atoms with E-state index in [9.17, 15) is 0 Å². The third-order valence-electron chi connectivity index (χ3n) is 4.62. The second kappa shape index (κ2) is 9.59. The summed E-state index contributed by atoms with van der Waals surface area (Å²) in [6, 6.07) is 18.2. The molecule has 3 aromatic rings. The van der Waals surface area contributed by atoms with Crippen molar-refractivity contribution >= 4 is 29.9 Å². The molecule has 0 fully saturated rings. The van der Waals surface area contributed by atoms with E-state index in [0.29, 0.717) is 19.1 Å². The van der Waals surface area contributed by atoms with Gasteiger partial charge < -0.3 is 15.8 Å². The van der Waals surface area contributed by atoms with Crippen molar-refractivity contribution in [1.29, 1.82) is 0 Å². The number of ether oxygens (including phenoxy) is 1. The van der Waals surface area contributed by atoms with Gasteiger partial charge in [0.15, 0.2) is 5.96 Å². The first-order valence-corrected chi connectivity index (χ1v) is 9.17. The Morgan fingerprint density at radius 1 is 1.18 bits per heavy atom. The Hall–Kier alpha value is -2.55. The normalized spacial score (nSPS) is 15.9. The van der Waals surface area contributed by atoms with E-state index >= 15 is 0 Å². The van der Waals surface area contributed by atoms with E-state index in [1.807, 2.05) is 65.6 Å². The monoisotopic (exact) mass is 489 g/mol. The van der Waals surface area contributed by atoms with Gasteiger partial charge in [0.05, 0.1) is 24.5 Å². The molecule has 3 N–H and O–H groups in total. The van der Waals surface area contributed by atoms with Crippen LogP contribution in [-0.4, -0.2) is 28.9 Å². The summed E-state index contributed by atoms with van der Waals surface area (Å²) in [5.74, 6) is 1.38. The molecule has 0 spiro atoms. The van der Waals surface area contributed by atoms with Crippen molar-refractivity contribution in [2.24, 2.45) is 10.7 Å². The molecule has 0 saturated heterocycles. The van der Waals surface area contributed by atoms with Gasteiger partial charge in [0.2, 0.25) is 0 Å². The maximum atomic E-state index is 6.10. The van der Waals surface area contributed by atoms with Gasteiger partial charge in [-0.1, -0.05) is 36.4 Å². The zero-order chi connectivity index (χ0) is 18.5. The van der Waals surface area contributed by atoms with Crippen molar-refractivity contribution in [3.8, 4) is 11.4 Å². The van der Waals surface area contributed by atoms with Gasteiger partial charge in [0.25, 0.3) is 0 Å². The molecule has 6 nitrogen and oxygen atoms in total.